The third-order valence-corrected chi connectivity index (χ3v) is 8.01. The number of anilines is 2. The number of para-hydroxylation sites is 1. The van der Waals surface area contributed by atoms with Crippen molar-refractivity contribution in [3.63, 3.8) is 0 Å². The van der Waals surface area contributed by atoms with Gasteiger partial charge >= 0.3 is 0 Å². The molecule has 3 aliphatic heterocycles. The Hall–Kier alpha value is -3.35. The van der Waals surface area contributed by atoms with E-state index in [2.05, 4.69) is 18.2 Å². The molecule has 0 aromatic heterocycles. The molecule has 2 amide bonds. The maximum atomic E-state index is 13.7. The van der Waals surface area contributed by atoms with Gasteiger partial charge in [-0.1, -0.05) is 66.2 Å². The van der Waals surface area contributed by atoms with Crippen molar-refractivity contribution >= 4 is 51.6 Å². The van der Waals surface area contributed by atoms with Gasteiger partial charge in [-0.3, -0.25) is 14.6 Å². The average Bonchev–Trinajstić information content (AvgIpc) is 3.36. The van der Waals surface area contributed by atoms with Crippen LogP contribution in [0.5, 0.6) is 0 Å². The fraction of sp³-hybridized carbons (Fsp3) is 0.179. The van der Waals surface area contributed by atoms with Crippen molar-refractivity contribution in [3.05, 3.63) is 108 Å². The Labute approximate surface area is 213 Å². The van der Waals surface area contributed by atoms with E-state index in [0.717, 1.165) is 16.5 Å². The summed E-state index contributed by atoms with van der Waals surface area (Å²) in [4.78, 5) is 35.9. The number of rotatable bonds is 4. The van der Waals surface area contributed by atoms with Gasteiger partial charge in [-0.15, -0.1) is 11.8 Å². The van der Waals surface area contributed by atoms with Gasteiger partial charge in [0.05, 0.1) is 28.7 Å². The molecule has 0 N–H and O–H groups in total. The van der Waals surface area contributed by atoms with E-state index in [1.807, 2.05) is 71.6 Å². The number of carbonyl (C=O) groups excluding carboxylic acids is 2. The van der Waals surface area contributed by atoms with Crippen LogP contribution in [-0.2, 0) is 15.3 Å². The van der Waals surface area contributed by atoms with E-state index >= 15 is 0 Å². The smallest absolute Gasteiger partial charge is 0.257 e. The number of hydrogen-bond donors (Lipinski definition) is 0. The quantitative estimate of drug-likeness (QED) is 0.454. The Morgan fingerprint density at radius 1 is 0.829 bits per heavy atom. The lowest BCUT2D eigenvalue weighted by atomic mass is 9.94. The van der Waals surface area contributed by atoms with E-state index in [1.54, 1.807) is 23.9 Å². The highest BCUT2D eigenvalue weighted by Crippen LogP contribution is 2.45. The van der Waals surface area contributed by atoms with Crippen LogP contribution in [-0.4, -0.2) is 35.0 Å². The van der Waals surface area contributed by atoms with Gasteiger partial charge in [0.2, 0.25) is 5.91 Å². The largest absolute Gasteiger partial charge is 0.350 e. The van der Waals surface area contributed by atoms with E-state index < -0.39 is 12.0 Å². The van der Waals surface area contributed by atoms with Crippen LogP contribution in [0.25, 0.3) is 0 Å². The Balaban J connectivity index is 1.37. The summed E-state index contributed by atoms with van der Waals surface area (Å²) in [5, 5.41) is 1.50. The number of carbonyl (C=O) groups is 2. The van der Waals surface area contributed by atoms with Crippen LogP contribution < -0.4 is 9.80 Å². The first-order chi connectivity index (χ1) is 17.1. The number of imide groups is 1. The summed E-state index contributed by atoms with van der Waals surface area (Å²) < 4.78 is 0. The Morgan fingerprint density at radius 3 is 2.23 bits per heavy atom. The van der Waals surface area contributed by atoms with Crippen molar-refractivity contribution in [2.75, 3.05) is 9.80 Å². The molecular formula is C28H22ClN3O2S. The van der Waals surface area contributed by atoms with Crippen molar-refractivity contribution in [2.24, 2.45) is 10.9 Å². The predicted octanol–water partition coefficient (Wildman–Crippen LogP) is 5.36. The number of aliphatic imine (C=N–C) groups is 1. The van der Waals surface area contributed by atoms with Crippen LogP contribution in [0, 0.1) is 5.92 Å². The maximum Gasteiger partial charge on any atom is 0.257 e. The molecule has 2 saturated heterocycles. The summed E-state index contributed by atoms with van der Waals surface area (Å²) in [6.45, 7) is 0. The predicted molar refractivity (Wildman–Crippen MR) is 142 cm³/mol. The zero-order valence-corrected chi connectivity index (χ0v) is 20.3. The minimum Gasteiger partial charge on any atom is -0.350 e. The molecule has 0 spiro atoms. The van der Waals surface area contributed by atoms with Gasteiger partial charge in [0.1, 0.15) is 6.04 Å². The molecule has 3 aromatic rings. The van der Waals surface area contributed by atoms with Gasteiger partial charge in [-0.2, -0.15) is 0 Å². The molecule has 3 aromatic carbocycles. The summed E-state index contributed by atoms with van der Waals surface area (Å²) in [5.74, 6) is -0.165. The lowest BCUT2D eigenvalue weighted by molar-refractivity contribution is -0.122. The zero-order chi connectivity index (χ0) is 23.9. The van der Waals surface area contributed by atoms with Gasteiger partial charge in [-0.25, -0.2) is 4.90 Å². The van der Waals surface area contributed by atoms with Crippen LogP contribution in [0.15, 0.2) is 102 Å². The van der Waals surface area contributed by atoms with E-state index in [0.29, 0.717) is 10.7 Å². The number of benzene rings is 3. The minimum atomic E-state index is -0.620. The summed E-state index contributed by atoms with van der Waals surface area (Å²) in [7, 11) is 0. The molecule has 0 saturated carbocycles. The number of fused-ring (bicyclic) bond motifs is 3. The molecule has 7 heteroatoms. The first-order valence-corrected chi connectivity index (χ1v) is 12.9. The lowest BCUT2D eigenvalue weighted by Crippen LogP contribution is -2.46. The molecule has 2 fully saturated rings. The summed E-state index contributed by atoms with van der Waals surface area (Å²) >= 11 is 7.79. The van der Waals surface area contributed by atoms with Gasteiger partial charge < -0.3 is 4.90 Å². The molecule has 6 rings (SSSR count). The molecule has 0 bridgehead atoms. The van der Waals surface area contributed by atoms with E-state index in [9.17, 15) is 9.59 Å². The highest BCUT2D eigenvalue weighted by Gasteiger charge is 2.62. The number of thioether (sulfide) groups is 1. The van der Waals surface area contributed by atoms with Crippen molar-refractivity contribution in [1.29, 1.82) is 0 Å². The summed E-state index contributed by atoms with van der Waals surface area (Å²) in [5.41, 5.74) is 2.66. The first-order valence-electron chi connectivity index (χ1n) is 11.5. The summed E-state index contributed by atoms with van der Waals surface area (Å²) in [6, 6.07) is 25.7. The second kappa shape index (κ2) is 9.02. The average molecular weight is 500 g/mol. The standard InChI is InChI=1S/C28H22ClN3O2S/c29-19-11-13-21(14-12-19)31-22-15-16-23(35-17-18-7-3-1-4-8-18)30-25(22)24-26(31)28(34)32(27(24)33)20-9-5-2-6-10-20/h1-16,22,24-26H,17H2/t22-,24-,25+,26+/m0/s1. The summed E-state index contributed by atoms with van der Waals surface area (Å²) in [6.07, 6.45) is 4.11. The first kappa shape index (κ1) is 22.1. The number of amides is 2. The fourth-order valence-corrected chi connectivity index (χ4v) is 6.20. The monoisotopic (exact) mass is 499 g/mol. The van der Waals surface area contributed by atoms with Crippen LogP contribution in [0.4, 0.5) is 11.4 Å². The molecule has 0 unspecified atom stereocenters. The van der Waals surface area contributed by atoms with Crippen molar-refractivity contribution in [1.82, 2.24) is 0 Å². The second-order valence-corrected chi connectivity index (χ2v) is 10.2. The number of hydrogen-bond acceptors (Lipinski definition) is 5. The van der Waals surface area contributed by atoms with Crippen molar-refractivity contribution in [3.8, 4) is 0 Å². The second-order valence-electron chi connectivity index (χ2n) is 8.78. The van der Waals surface area contributed by atoms with E-state index in [1.165, 1.54) is 10.5 Å². The molecule has 0 aliphatic carbocycles. The Bertz CT molecular complexity index is 1330. The maximum absolute atomic E-state index is 13.7. The van der Waals surface area contributed by atoms with Crippen LogP contribution >= 0.6 is 23.4 Å². The molecule has 3 aliphatic rings. The lowest BCUT2D eigenvalue weighted by Gasteiger charge is -2.32. The molecule has 174 valence electrons. The van der Waals surface area contributed by atoms with E-state index in [4.69, 9.17) is 16.6 Å². The minimum absolute atomic E-state index is 0.182. The topological polar surface area (TPSA) is 53.0 Å². The van der Waals surface area contributed by atoms with Gasteiger partial charge in [0.15, 0.2) is 0 Å². The molecule has 3 heterocycles. The highest BCUT2D eigenvalue weighted by atomic mass is 35.5. The molecule has 4 atom stereocenters. The van der Waals surface area contributed by atoms with Crippen molar-refractivity contribution in [2.45, 2.75) is 23.9 Å². The molecule has 5 nitrogen and oxygen atoms in total. The SMILES string of the molecule is O=C1[C@H]2[C@@H]3N=C(SCc4ccccc4)C=C[C@@H]3N(c3ccc(Cl)cc3)[C@H]2C(=O)N1c1ccccc1. The van der Waals surface area contributed by atoms with Gasteiger partial charge in [0.25, 0.3) is 5.91 Å². The zero-order valence-electron chi connectivity index (χ0n) is 18.7. The third-order valence-electron chi connectivity index (χ3n) is 6.74. The number of nitrogens with zero attached hydrogens (tertiary/aromatic N) is 3. The fourth-order valence-electron chi connectivity index (χ4n) is 5.19. The van der Waals surface area contributed by atoms with Crippen LogP contribution in [0.2, 0.25) is 5.02 Å². The van der Waals surface area contributed by atoms with Crippen LogP contribution in [0.3, 0.4) is 0 Å². The number of dihydropyridines is 1. The Morgan fingerprint density at radius 2 is 1.51 bits per heavy atom. The molecule has 35 heavy (non-hydrogen) atoms. The van der Waals surface area contributed by atoms with Gasteiger partial charge in [-0.05, 0) is 48.0 Å². The molecule has 0 radical (unpaired) electrons. The number of halogens is 1. The van der Waals surface area contributed by atoms with E-state index in [-0.39, 0.29) is 23.9 Å². The van der Waals surface area contributed by atoms with Crippen LogP contribution in [0.1, 0.15) is 5.56 Å². The Kier molecular flexibility index (Phi) is 5.71. The van der Waals surface area contributed by atoms with Gasteiger partial charge in [0, 0.05) is 16.5 Å². The normalized spacial score (nSPS) is 25.0. The molecular weight excluding hydrogens is 478 g/mol. The highest BCUT2D eigenvalue weighted by molar-refractivity contribution is 8.13. The van der Waals surface area contributed by atoms with Crippen molar-refractivity contribution < 1.29 is 9.59 Å². The third kappa shape index (κ3) is 3.87.